The first kappa shape index (κ1) is 25.7. The van der Waals surface area contributed by atoms with Crippen LogP contribution in [0, 0.1) is 11.7 Å². The second-order valence-electron chi connectivity index (χ2n) is 11.6. The van der Waals surface area contributed by atoms with Crippen LogP contribution in [-0.4, -0.2) is 58.0 Å². The summed E-state index contributed by atoms with van der Waals surface area (Å²) in [5.74, 6) is 0.191. The van der Waals surface area contributed by atoms with Gasteiger partial charge in [-0.15, -0.1) is 0 Å². The summed E-state index contributed by atoms with van der Waals surface area (Å²) in [5, 5.41) is 7.41. The quantitative estimate of drug-likeness (QED) is 0.374. The number of halogens is 1. The van der Waals surface area contributed by atoms with Gasteiger partial charge in [0.2, 0.25) is 5.91 Å². The van der Waals surface area contributed by atoms with Crippen molar-refractivity contribution in [2.45, 2.75) is 44.6 Å². The molecule has 4 aromatic rings. The van der Waals surface area contributed by atoms with Gasteiger partial charge in [0.25, 0.3) is 5.91 Å². The lowest BCUT2D eigenvalue weighted by Crippen LogP contribution is -2.48. The Labute approximate surface area is 238 Å². The Morgan fingerprint density at radius 3 is 2.63 bits per heavy atom. The fraction of sp³-hybridized carbons (Fsp3) is 0.375. The van der Waals surface area contributed by atoms with E-state index >= 15 is 4.39 Å². The minimum atomic E-state index is -0.356. The van der Waals surface area contributed by atoms with Crippen molar-refractivity contribution in [1.29, 1.82) is 0 Å². The summed E-state index contributed by atoms with van der Waals surface area (Å²) in [4.78, 5) is 34.1. The molecule has 2 aromatic carbocycles. The third-order valence-electron chi connectivity index (χ3n) is 8.83. The zero-order valence-electron chi connectivity index (χ0n) is 23.3. The van der Waals surface area contributed by atoms with E-state index in [1.807, 2.05) is 29.2 Å². The van der Waals surface area contributed by atoms with Gasteiger partial charge in [0, 0.05) is 67.9 Å². The standard InChI is InChI=1S/C32H33FN6O2/c1-19-24-6-4-3-5-21(24)11-12-38(19)32(41)28-15-29(22-7-8-22)39-30(35-28)16-27(36-39)25-10-9-23(14-26(25)33)37-17-20(18-37)13-31(40)34-2/h3-6,9-10,14-16,19-20,22H,7-8,11-13,17-18H2,1-2H3,(H,34,40)/t19-/m1/s1. The van der Waals surface area contributed by atoms with E-state index in [4.69, 9.17) is 10.1 Å². The van der Waals surface area contributed by atoms with Gasteiger partial charge in [-0.3, -0.25) is 9.59 Å². The number of anilines is 1. The number of nitrogens with one attached hydrogen (secondary N) is 1. The topological polar surface area (TPSA) is 82.8 Å². The van der Waals surface area contributed by atoms with Gasteiger partial charge in [0.1, 0.15) is 11.5 Å². The number of amides is 2. The normalized spacial score (nSPS) is 18.8. The van der Waals surface area contributed by atoms with Gasteiger partial charge in [-0.2, -0.15) is 5.10 Å². The van der Waals surface area contributed by atoms with Gasteiger partial charge < -0.3 is 15.1 Å². The maximum atomic E-state index is 15.4. The van der Waals surface area contributed by atoms with E-state index in [1.165, 1.54) is 17.2 Å². The molecule has 1 atom stereocenters. The SMILES string of the molecule is CNC(=O)CC1CN(c2ccc(-c3cc4nc(C(=O)N5CCc6ccccc6[C@H]5C)cc(C5CC5)n4n3)c(F)c2)C1. The van der Waals surface area contributed by atoms with E-state index < -0.39 is 0 Å². The third-order valence-corrected chi connectivity index (χ3v) is 8.83. The Kier molecular flexibility index (Phi) is 6.25. The second-order valence-corrected chi connectivity index (χ2v) is 11.6. The molecule has 9 heteroatoms. The minimum Gasteiger partial charge on any atom is -0.371 e. The fourth-order valence-electron chi connectivity index (χ4n) is 6.29. The summed E-state index contributed by atoms with van der Waals surface area (Å²) in [6, 6.07) is 17.1. The van der Waals surface area contributed by atoms with Crippen LogP contribution in [0.25, 0.3) is 16.9 Å². The van der Waals surface area contributed by atoms with Crippen molar-refractivity contribution in [1.82, 2.24) is 24.8 Å². The highest BCUT2D eigenvalue weighted by Gasteiger charge is 2.33. The number of fused-ring (bicyclic) bond motifs is 2. The fourth-order valence-corrected chi connectivity index (χ4v) is 6.29. The maximum Gasteiger partial charge on any atom is 0.273 e. The van der Waals surface area contributed by atoms with Gasteiger partial charge >= 0.3 is 0 Å². The number of carbonyl (C=O) groups excluding carboxylic acids is 2. The first-order valence-corrected chi connectivity index (χ1v) is 14.4. The van der Waals surface area contributed by atoms with Gasteiger partial charge in [0.15, 0.2) is 5.65 Å². The van der Waals surface area contributed by atoms with Crippen LogP contribution < -0.4 is 10.2 Å². The summed E-state index contributed by atoms with van der Waals surface area (Å²) < 4.78 is 17.2. The smallest absolute Gasteiger partial charge is 0.273 e. The lowest BCUT2D eigenvalue weighted by atomic mass is 9.93. The molecule has 1 saturated carbocycles. The molecule has 4 heterocycles. The lowest BCUT2D eigenvalue weighted by molar-refractivity contribution is -0.121. The second kappa shape index (κ2) is 9.98. The molecule has 0 radical (unpaired) electrons. The third kappa shape index (κ3) is 4.63. The number of carbonyl (C=O) groups is 2. The van der Waals surface area contributed by atoms with Crippen molar-refractivity contribution in [3.63, 3.8) is 0 Å². The molecule has 2 fully saturated rings. The molecule has 7 rings (SSSR count). The van der Waals surface area contributed by atoms with Crippen molar-refractivity contribution in [3.8, 4) is 11.3 Å². The van der Waals surface area contributed by atoms with Crippen molar-refractivity contribution in [2.24, 2.45) is 5.92 Å². The number of nitrogens with zero attached hydrogens (tertiary/aromatic N) is 5. The molecular formula is C32H33FN6O2. The summed E-state index contributed by atoms with van der Waals surface area (Å²) >= 11 is 0. The molecule has 41 heavy (non-hydrogen) atoms. The number of aromatic nitrogens is 3. The highest BCUT2D eigenvalue weighted by Crippen LogP contribution is 2.41. The van der Waals surface area contributed by atoms with E-state index in [9.17, 15) is 9.59 Å². The number of benzene rings is 2. The van der Waals surface area contributed by atoms with Crippen molar-refractivity contribution < 1.29 is 14.0 Å². The molecule has 0 unspecified atom stereocenters. The first-order chi connectivity index (χ1) is 19.9. The van der Waals surface area contributed by atoms with Crippen molar-refractivity contribution >= 4 is 23.1 Å². The first-order valence-electron chi connectivity index (χ1n) is 14.4. The molecule has 1 saturated heterocycles. The van der Waals surface area contributed by atoms with Crippen LogP contribution in [0.4, 0.5) is 10.1 Å². The van der Waals surface area contributed by atoms with Gasteiger partial charge in [0.05, 0.1) is 11.7 Å². The molecule has 1 N–H and O–H groups in total. The van der Waals surface area contributed by atoms with Gasteiger partial charge in [-0.25, -0.2) is 13.9 Å². The van der Waals surface area contributed by atoms with E-state index in [2.05, 4.69) is 29.3 Å². The minimum absolute atomic E-state index is 0.0304. The molecular weight excluding hydrogens is 519 g/mol. The predicted molar refractivity (Wildman–Crippen MR) is 154 cm³/mol. The maximum absolute atomic E-state index is 15.4. The highest BCUT2D eigenvalue weighted by atomic mass is 19.1. The Balaban J connectivity index is 1.16. The Morgan fingerprint density at radius 2 is 1.88 bits per heavy atom. The average Bonchev–Trinajstić information content (AvgIpc) is 3.72. The monoisotopic (exact) mass is 552 g/mol. The van der Waals surface area contributed by atoms with Crippen LogP contribution in [0.15, 0.2) is 54.6 Å². The molecule has 210 valence electrons. The predicted octanol–water partition coefficient (Wildman–Crippen LogP) is 4.74. The highest BCUT2D eigenvalue weighted by molar-refractivity contribution is 5.93. The Morgan fingerprint density at radius 1 is 1.07 bits per heavy atom. The molecule has 1 aliphatic carbocycles. The lowest BCUT2D eigenvalue weighted by Gasteiger charge is -2.40. The van der Waals surface area contributed by atoms with Crippen LogP contribution in [0.3, 0.4) is 0 Å². The Bertz CT molecular complexity index is 1670. The van der Waals surface area contributed by atoms with Gasteiger partial charge in [-0.05, 0) is 61.6 Å². The zero-order valence-corrected chi connectivity index (χ0v) is 23.3. The largest absolute Gasteiger partial charge is 0.371 e. The molecule has 0 spiro atoms. The van der Waals surface area contributed by atoms with E-state index in [1.54, 1.807) is 23.7 Å². The molecule has 3 aliphatic rings. The van der Waals surface area contributed by atoms with Crippen molar-refractivity contribution in [2.75, 3.05) is 31.6 Å². The van der Waals surface area contributed by atoms with Crippen LogP contribution in [0.5, 0.6) is 0 Å². The van der Waals surface area contributed by atoms with Crippen LogP contribution in [0.1, 0.15) is 65.5 Å². The molecule has 2 aromatic heterocycles. The molecule has 2 amide bonds. The van der Waals surface area contributed by atoms with Crippen LogP contribution in [0.2, 0.25) is 0 Å². The van der Waals surface area contributed by atoms with Crippen molar-refractivity contribution in [3.05, 3.63) is 82.9 Å². The molecule has 8 nitrogen and oxygen atoms in total. The number of hydrogen-bond acceptors (Lipinski definition) is 5. The Hall–Kier alpha value is -4.27. The van der Waals surface area contributed by atoms with E-state index in [0.29, 0.717) is 41.5 Å². The van der Waals surface area contributed by atoms with E-state index in [0.717, 1.165) is 43.7 Å². The van der Waals surface area contributed by atoms with E-state index in [-0.39, 0.29) is 29.6 Å². The van der Waals surface area contributed by atoms with Crippen LogP contribution in [-0.2, 0) is 11.2 Å². The zero-order chi connectivity index (χ0) is 28.2. The van der Waals surface area contributed by atoms with Gasteiger partial charge in [-0.1, -0.05) is 24.3 Å². The average molecular weight is 553 g/mol. The number of hydrogen-bond donors (Lipinski definition) is 1. The molecule has 0 bridgehead atoms. The summed E-state index contributed by atoms with van der Waals surface area (Å²) in [6.45, 7) is 4.18. The summed E-state index contributed by atoms with van der Waals surface area (Å²) in [5.41, 5.74) is 6.09. The molecule has 2 aliphatic heterocycles. The number of rotatable bonds is 6. The summed E-state index contributed by atoms with van der Waals surface area (Å²) in [6.07, 6.45) is 3.38. The summed E-state index contributed by atoms with van der Waals surface area (Å²) in [7, 11) is 1.64. The van der Waals surface area contributed by atoms with Crippen LogP contribution >= 0.6 is 0 Å².